The number of phosphoric ester groups is 1. The van der Waals surface area contributed by atoms with Crippen LogP contribution in [0.3, 0.4) is 0 Å². The number of carbonyl (C=O) groups is 3. The monoisotopic (exact) mass is 514 g/mol. The fraction of sp³-hybridized carbons (Fsp3) is 0.435. The molecule has 35 heavy (non-hydrogen) atoms. The molecule has 0 bridgehead atoms. The maximum atomic E-state index is 11.6. The van der Waals surface area contributed by atoms with Crippen molar-refractivity contribution >= 4 is 25.7 Å². The molecular weight excluding hydrogens is 483 g/mol. The third-order valence-corrected chi connectivity index (χ3v) is 4.93. The van der Waals surface area contributed by atoms with Crippen molar-refractivity contribution in [1.29, 1.82) is 0 Å². The number of allylic oxidation sites excluding steroid dienone is 4. The van der Waals surface area contributed by atoms with Crippen molar-refractivity contribution in [2.24, 2.45) is 0 Å². The molecule has 4 unspecified atom stereocenters. The van der Waals surface area contributed by atoms with Crippen molar-refractivity contribution in [2.75, 3.05) is 6.61 Å². The van der Waals surface area contributed by atoms with E-state index in [1.165, 1.54) is 44.2 Å². The summed E-state index contributed by atoms with van der Waals surface area (Å²) in [4.78, 5) is 52.3. The highest BCUT2D eigenvalue weighted by atomic mass is 31.2. The number of phosphoric acid groups is 1. The highest BCUT2D eigenvalue weighted by Gasteiger charge is 2.38. The quantitative estimate of drug-likeness (QED) is 0.108. The summed E-state index contributed by atoms with van der Waals surface area (Å²) in [6.45, 7) is 3.82. The minimum atomic E-state index is -5.04. The second kappa shape index (κ2) is 14.6. The molecule has 0 aromatic carbocycles. The first-order chi connectivity index (χ1) is 16.3. The second-order valence-electron chi connectivity index (χ2n) is 7.67. The molecule has 0 aromatic heterocycles. The molecular formula is C23H31O11P. The van der Waals surface area contributed by atoms with Gasteiger partial charge in [-0.3, -0.25) is 14.1 Å². The SMILES string of the molecule is CC(=O)OCC=CC=CC=CC(CC(OP(=O)(O)O)C(C)(O)C=CC1CC=CC(=O)O1)OC(C)=O. The molecule has 0 amide bonds. The third kappa shape index (κ3) is 14.2. The first-order valence-corrected chi connectivity index (χ1v) is 12.1. The number of cyclic esters (lactones) is 1. The standard InChI is InChI=1S/C23H31O11P/c1-17(24)31-15-8-6-4-5-7-10-20(32-18(2)25)16-21(34-35(28,29)30)23(3,27)14-13-19-11-9-12-22(26)33-19/h4-10,12-14,19-21,27H,11,15-16H2,1-3H3,(H2,28,29,30). The van der Waals surface area contributed by atoms with Gasteiger partial charge in [-0.1, -0.05) is 36.5 Å². The molecule has 3 N–H and O–H groups in total. The molecule has 1 aliphatic rings. The first kappa shape index (κ1) is 30.2. The van der Waals surface area contributed by atoms with Gasteiger partial charge in [0, 0.05) is 32.8 Å². The summed E-state index contributed by atoms with van der Waals surface area (Å²) in [6, 6.07) is 0. The van der Waals surface area contributed by atoms with Gasteiger partial charge in [-0.2, -0.15) is 0 Å². The van der Waals surface area contributed by atoms with Crippen LogP contribution in [0.25, 0.3) is 0 Å². The number of rotatable bonds is 13. The van der Waals surface area contributed by atoms with E-state index in [9.17, 15) is 33.8 Å². The van der Waals surface area contributed by atoms with Crippen LogP contribution < -0.4 is 0 Å². The summed E-state index contributed by atoms with van der Waals surface area (Å²) in [5.74, 6) is -1.61. The van der Waals surface area contributed by atoms with Crippen LogP contribution in [0.2, 0.25) is 0 Å². The van der Waals surface area contributed by atoms with Crippen molar-refractivity contribution in [3.05, 3.63) is 60.8 Å². The minimum absolute atomic E-state index is 0.111. The average Bonchev–Trinajstić information content (AvgIpc) is 2.72. The Morgan fingerprint density at radius 2 is 1.91 bits per heavy atom. The van der Waals surface area contributed by atoms with Gasteiger partial charge in [0.25, 0.3) is 0 Å². The lowest BCUT2D eigenvalue weighted by Gasteiger charge is -2.32. The topological polar surface area (TPSA) is 166 Å². The predicted molar refractivity (Wildman–Crippen MR) is 125 cm³/mol. The van der Waals surface area contributed by atoms with Crippen molar-refractivity contribution in [1.82, 2.24) is 0 Å². The highest BCUT2D eigenvalue weighted by molar-refractivity contribution is 7.46. The van der Waals surface area contributed by atoms with Gasteiger partial charge in [0.2, 0.25) is 0 Å². The van der Waals surface area contributed by atoms with Crippen LogP contribution >= 0.6 is 7.82 Å². The van der Waals surface area contributed by atoms with Crippen molar-refractivity contribution in [2.45, 2.75) is 57.5 Å². The number of esters is 3. The summed E-state index contributed by atoms with van der Waals surface area (Å²) in [5.41, 5.74) is -1.93. The molecule has 0 aliphatic carbocycles. The zero-order valence-electron chi connectivity index (χ0n) is 19.7. The van der Waals surface area contributed by atoms with Crippen LogP contribution in [0.4, 0.5) is 0 Å². The van der Waals surface area contributed by atoms with Gasteiger partial charge in [-0.05, 0) is 25.2 Å². The normalized spacial score (nSPS) is 20.3. The zero-order valence-corrected chi connectivity index (χ0v) is 20.6. The molecule has 1 aliphatic heterocycles. The van der Waals surface area contributed by atoms with Crippen LogP contribution in [0.1, 0.15) is 33.6 Å². The van der Waals surface area contributed by atoms with E-state index in [-0.39, 0.29) is 13.0 Å². The fourth-order valence-corrected chi connectivity index (χ4v) is 3.45. The minimum Gasteiger partial charge on any atom is -0.462 e. The number of ether oxygens (including phenoxy) is 3. The first-order valence-electron chi connectivity index (χ1n) is 10.6. The lowest BCUT2D eigenvalue weighted by Crippen LogP contribution is -2.42. The van der Waals surface area contributed by atoms with Crippen molar-refractivity contribution in [3.8, 4) is 0 Å². The summed E-state index contributed by atoms with van der Waals surface area (Å²) in [6.07, 6.45) is 11.7. The molecule has 0 saturated heterocycles. The van der Waals surface area contributed by atoms with Gasteiger partial charge in [0.1, 0.15) is 30.5 Å². The van der Waals surface area contributed by atoms with Crippen LogP contribution in [-0.4, -0.2) is 63.3 Å². The highest BCUT2D eigenvalue weighted by Crippen LogP contribution is 2.41. The average molecular weight is 514 g/mol. The molecule has 0 radical (unpaired) electrons. The molecule has 0 saturated carbocycles. The fourth-order valence-electron chi connectivity index (χ4n) is 2.82. The molecule has 0 fully saturated rings. The lowest BCUT2D eigenvalue weighted by atomic mass is 9.93. The Kier molecular flexibility index (Phi) is 12.6. The Morgan fingerprint density at radius 1 is 1.23 bits per heavy atom. The van der Waals surface area contributed by atoms with E-state index < -0.39 is 49.6 Å². The van der Waals surface area contributed by atoms with E-state index >= 15 is 0 Å². The van der Waals surface area contributed by atoms with E-state index in [1.54, 1.807) is 30.4 Å². The van der Waals surface area contributed by atoms with Gasteiger partial charge in [-0.15, -0.1) is 0 Å². The van der Waals surface area contributed by atoms with Gasteiger partial charge in [0.15, 0.2) is 0 Å². The van der Waals surface area contributed by atoms with Gasteiger partial charge < -0.3 is 29.1 Å². The predicted octanol–water partition coefficient (Wildman–Crippen LogP) is 2.20. The molecule has 0 aromatic rings. The Bertz CT molecular complexity index is 924. The maximum absolute atomic E-state index is 11.6. The smallest absolute Gasteiger partial charge is 0.462 e. The number of aliphatic hydroxyl groups is 1. The largest absolute Gasteiger partial charge is 0.469 e. The lowest BCUT2D eigenvalue weighted by molar-refractivity contribution is -0.146. The van der Waals surface area contributed by atoms with Gasteiger partial charge in [-0.25, -0.2) is 9.36 Å². The molecule has 194 valence electrons. The van der Waals surface area contributed by atoms with E-state index in [2.05, 4.69) is 0 Å². The Balaban J connectivity index is 2.97. The molecule has 12 heteroatoms. The summed E-state index contributed by atoms with van der Waals surface area (Å²) in [5, 5.41) is 10.9. The van der Waals surface area contributed by atoms with Gasteiger partial charge in [0.05, 0.1) is 0 Å². The Morgan fingerprint density at radius 3 is 2.51 bits per heavy atom. The van der Waals surface area contributed by atoms with Crippen LogP contribution in [-0.2, 0) is 37.7 Å². The molecule has 1 rings (SSSR count). The molecule has 1 heterocycles. The van der Waals surface area contributed by atoms with E-state index in [4.69, 9.17) is 18.7 Å². The van der Waals surface area contributed by atoms with Crippen LogP contribution in [0.15, 0.2) is 60.8 Å². The van der Waals surface area contributed by atoms with E-state index in [0.717, 1.165) is 6.92 Å². The molecule has 4 atom stereocenters. The summed E-state index contributed by atoms with van der Waals surface area (Å²) < 4.78 is 31.4. The Labute approximate surface area is 203 Å². The van der Waals surface area contributed by atoms with Gasteiger partial charge >= 0.3 is 25.7 Å². The second-order valence-corrected chi connectivity index (χ2v) is 8.86. The number of hydrogen-bond donors (Lipinski definition) is 3. The van der Waals surface area contributed by atoms with Crippen molar-refractivity contribution < 1.29 is 52.6 Å². The maximum Gasteiger partial charge on any atom is 0.469 e. The Hall–Kier alpha value is -2.82. The number of hydrogen-bond acceptors (Lipinski definition) is 9. The number of carbonyl (C=O) groups excluding carboxylic acids is 3. The van der Waals surface area contributed by atoms with E-state index in [0.29, 0.717) is 6.42 Å². The van der Waals surface area contributed by atoms with Crippen LogP contribution in [0, 0.1) is 0 Å². The third-order valence-electron chi connectivity index (χ3n) is 4.40. The van der Waals surface area contributed by atoms with E-state index in [1.807, 2.05) is 0 Å². The zero-order chi connectivity index (χ0) is 26.5. The molecule has 11 nitrogen and oxygen atoms in total. The summed E-state index contributed by atoms with van der Waals surface area (Å²) in [7, 11) is -5.04. The van der Waals surface area contributed by atoms with Crippen molar-refractivity contribution in [3.63, 3.8) is 0 Å². The van der Waals surface area contributed by atoms with Crippen LogP contribution in [0.5, 0.6) is 0 Å². The molecule has 0 spiro atoms. The summed E-state index contributed by atoms with van der Waals surface area (Å²) >= 11 is 0.